The molecule has 0 saturated carbocycles. The maximum absolute atomic E-state index is 12.0. The minimum atomic E-state index is -1.04. The molecule has 0 amide bonds. The normalized spacial score (nSPS) is 11.9. The first-order valence-corrected chi connectivity index (χ1v) is 8.08. The summed E-state index contributed by atoms with van der Waals surface area (Å²) >= 11 is 0. The van der Waals surface area contributed by atoms with Crippen molar-refractivity contribution in [2.75, 3.05) is 6.61 Å². The monoisotopic (exact) mass is 306 g/mol. The fraction of sp³-hybridized carbons (Fsp3) is 0.556. The number of rotatable bonds is 10. The van der Waals surface area contributed by atoms with Crippen molar-refractivity contribution in [3.8, 4) is 0 Å². The Bertz CT molecular complexity index is 482. The van der Waals surface area contributed by atoms with Gasteiger partial charge in [-0.2, -0.15) is 0 Å². The Morgan fingerprint density at radius 1 is 1.09 bits per heavy atom. The second kappa shape index (κ2) is 9.98. The quantitative estimate of drug-likeness (QED) is 0.509. The van der Waals surface area contributed by atoms with Crippen LogP contribution in [0.4, 0.5) is 0 Å². The molecule has 0 radical (unpaired) electrons. The van der Waals surface area contributed by atoms with Gasteiger partial charge in [0.15, 0.2) is 0 Å². The summed E-state index contributed by atoms with van der Waals surface area (Å²) in [5, 5.41) is 8.95. The topological polar surface area (TPSA) is 63.6 Å². The van der Waals surface area contributed by atoms with E-state index in [-0.39, 0.29) is 5.56 Å². The summed E-state index contributed by atoms with van der Waals surface area (Å²) in [5.74, 6) is -1.10. The van der Waals surface area contributed by atoms with Crippen LogP contribution in [0.5, 0.6) is 0 Å². The lowest BCUT2D eigenvalue weighted by Crippen LogP contribution is -2.15. The van der Waals surface area contributed by atoms with Crippen molar-refractivity contribution in [1.29, 1.82) is 0 Å². The molecule has 1 aromatic carbocycles. The molecule has 1 atom stereocenters. The van der Waals surface area contributed by atoms with Crippen LogP contribution in [0.2, 0.25) is 0 Å². The third-order valence-corrected chi connectivity index (χ3v) is 3.71. The predicted molar refractivity (Wildman–Crippen MR) is 86.2 cm³/mol. The SMILES string of the molecule is CCCCCC(CCC)COC(=O)c1cccc(C(=O)O)c1. The van der Waals surface area contributed by atoms with Crippen molar-refractivity contribution in [2.24, 2.45) is 5.92 Å². The lowest BCUT2D eigenvalue weighted by atomic mass is 9.97. The van der Waals surface area contributed by atoms with E-state index in [0.717, 1.165) is 25.7 Å². The van der Waals surface area contributed by atoms with Crippen LogP contribution in [-0.4, -0.2) is 23.7 Å². The maximum Gasteiger partial charge on any atom is 0.338 e. The van der Waals surface area contributed by atoms with E-state index in [2.05, 4.69) is 13.8 Å². The van der Waals surface area contributed by atoms with Crippen molar-refractivity contribution in [1.82, 2.24) is 0 Å². The Morgan fingerprint density at radius 3 is 2.45 bits per heavy atom. The van der Waals surface area contributed by atoms with Crippen molar-refractivity contribution in [2.45, 2.75) is 52.4 Å². The van der Waals surface area contributed by atoms with Gasteiger partial charge in [-0.1, -0.05) is 45.6 Å². The van der Waals surface area contributed by atoms with Gasteiger partial charge in [-0.3, -0.25) is 0 Å². The van der Waals surface area contributed by atoms with Crippen molar-refractivity contribution in [3.63, 3.8) is 0 Å². The zero-order valence-corrected chi connectivity index (χ0v) is 13.5. The Hall–Kier alpha value is -1.84. The average molecular weight is 306 g/mol. The molecule has 1 unspecified atom stereocenters. The van der Waals surface area contributed by atoms with E-state index in [4.69, 9.17) is 9.84 Å². The van der Waals surface area contributed by atoms with Gasteiger partial charge in [0.2, 0.25) is 0 Å². The van der Waals surface area contributed by atoms with Crippen molar-refractivity contribution in [3.05, 3.63) is 35.4 Å². The molecule has 0 fully saturated rings. The summed E-state index contributed by atoms with van der Waals surface area (Å²) in [5.41, 5.74) is 0.395. The lowest BCUT2D eigenvalue weighted by molar-refractivity contribution is 0.0423. The van der Waals surface area contributed by atoms with E-state index in [9.17, 15) is 9.59 Å². The van der Waals surface area contributed by atoms with E-state index in [1.165, 1.54) is 25.0 Å². The molecule has 0 saturated heterocycles. The zero-order valence-electron chi connectivity index (χ0n) is 13.5. The maximum atomic E-state index is 12.0. The molecule has 0 aromatic heterocycles. The Balaban J connectivity index is 2.55. The number of esters is 1. The minimum Gasteiger partial charge on any atom is -0.478 e. The first-order valence-electron chi connectivity index (χ1n) is 8.08. The third kappa shape index (κ3) is 6.29. The summed E-state index contributed by atoms with van der Waals surface area (Å²) in [6.07, 6.45) is 6.74. The Labute approximate surface area is 132 Å². The number of carbonyl (C=O) groups is 2. The molecule has 1 rings (SSSR count). The van der Waals surface area contributed by atoms with Gasteiger partial charge in [0.1, 0.15) is 0 Å². The summed E-state index contributed by atoms with van der Waals surface area (Å²) in [6.45, 7) is 4.71. The van der Waals surface area contributed by atoms with E-state index >= 15 is 0 Å². The molecular weight excluding hydrogens is 280 g/mol. The summed E-state index contributed by atoms with van der Waals surface area (Å²) in [4.78, 5) is 23.0. The molecule has 0 aliphatic rings. The number of carboxylic acids is 1. The number of benzene rings is 1. The largest absolute Gasteiger partial charge is 0.478 e. The molecular formula is C18H26O4. The zero-order chi connectivity index (χ0) is 16.4. The standard InChI is InChI=1S/C18H26O4/c1-3-5-6-9-14(8-4-2)13-22-18(21)16-11-7-10-15(12-16)17(19)20/h7,10-12,14H,3-6,8-9,13H2,1-2H3,(H,19,20). The number of carboxylic acid groups (broad SMARTS) is 1. The van der Waals surface area contributed by atoms with E-state index in [1.807, 2.05) is 0 Å². The van der Waals surface area contributed by atoms with E-state index in [0.29, 0.717) is 18.1 Å². The van der Waals surface area contributed by atoms with E-state index in [1.54, 1.807) is 12.1 Å². The van der Waals surface area contributed by atoms with Crippen LogP contribution in [0.15, 0.2) is 24.3 Å². The predicted octanol–water partition coefficient (Wildman–Crippen LogP) is 4.54. The minimum absolute atomic E-state index is 0.0995. The van der Waals surface area contributed by atoms with Crippen LogP contribution in [0.25, 0.3) is 0 Å². The summed E-state index contributed by atoms with van der Waals surface area (Å²) in [7, 11) is 0. The molecule has 1 N–H and O–H groups in total. The average Bonchev–Trinajstić information content (AvgIpc) is 2.52. The van der Waals surface area contributed by atoms with Crippen LogP contribution in [0.3, 0.4) is 0 Å². The smallest absolute Gasteiger partial charge is 0.338 e. The molecule has 0 aliphatic carbocycles. The molecule has 122 valence electrons. The number of hydrogen-bond acceptors (Lipinski definition) is 3. The van der Waals surface area contributed by atoms with Gasteiger partial charge in [0.25, 0.3) is 0 Å². The highest BCUT2D eigenvalue weighted by atomic mass is 16.5. The molecule has 0 spiro atoms. The van der Waals surface area contributed by atoms with Crippen LogP contribution >= 0.6 is 0 Å². The fourth-order valence-corrected chi connectivity index (χ4v) is 2.46. The molecule has 0 aliphatic heterocycles. The number of ether oxygens (including phenoxy) is 1. The van der Waals surface area contributed by atoms with Crippen LogP contribution < -0.4 is 0 Å². The number of aromatic carboxylic acids is 1. The molecule has 22 heavy (non-hydrogen) atoms. The van der Waals surface area contributed by atoms with Crippen molar-refractivity contribution >= 4 is 11.9 Å². The molecule has 4 heteroatoms. The fourth-order valence-electron chi connectivity index (χ4n) is 2.46. The molecule has 0 heterocycles. The second-order valence-corrected chi connectivity index (χ2v) is 5.63. The Morgan fingerprint density at radius 2 is 1.82 bits per heavy atom. The van der Waals surface area contributed by atoms with Crippen LogP contribution in [0.1, 0.15) is 73.1 Å². The van der Waals surface area contributed by atoms with Gasteiger partial charge in [0.05, 0.1) is 17.7 Å². The van der Waals surface area contributed by atoms with Crippen LogP contribution in [0, 0.1) is 5.92 Å². The summed E-state index contributed by atoms with van der Waals surface area (Å²) in [6, 6.07) is 5.96. The van der Waals surface area contributed by atoms with Gasteiger partial charge in [-0.15, -0.1) is 0 Å². The van der Waals surface area contributed by atoms with Gasteiger partial charge in [-0.25, -0.2) is 9.59 Å². The third-order valence-electron chi connectivity index (χ3n) is 3.71. The van der Waals surface area contributed by atoms with Crippen LogP contribution in [-0.2, 0) is 4.74 Å². The highest BCUT2D eigenvalue weighted by molar-refractivity contribution is 5.94. The first kappa shape index (κ1) is 18.2. The summed E-state index contributed by atoms with van der Waals surface area (Å²) < 4.78 is 5.38. The van der Waals surface area contributed by atoms with E-state index < -0.39 is 11.9 Å². The second-order valence-electron chi connectivity index (χ2n) is 5.63. The van der Waals surface area contributed by atoms with Crippen molar-refractivity contribution < 1.29 is 19.4 Å². The molecule has 1 aromatic rings. The highest BCUT2D eigenvalue weighted by Gasteiger charge is 2.14. The van der Waals surface area contributed by atoms with Gasteiger partial charge >= 0.3 is 11.9 Å². The number of hydrogen-bond donors (Lipinski definition) is 1. The number of unbranched alkanes of at least 4 members (excludes halogenated alkanes) is 2. The van der Waals surface area contributed by atoms with Gasteiger partial charge in [0, 0.05) is 0 Å². The van der Waals surface area contributed by atoms with Gasteiger partial charge < -0.3 is 9.84 Å². The molecule has 0 bridgehead atoms. The number of carbonyl (C=O) groups excluding carboxylic acids is 1. The molecule has 4 nitrogen and oxygen atoms in total. The Kier molecular flexibility index (Phi) is 8.26. The first-order chi connectivity index (χ1) is 10.6. The lowest BCUT2D eigenvalue weighted by Gasteiger charge is -2.16. The van der Waals surface area contributed by atoms with Gasteiger partial charge in [-0.05, 0) is 37.0 Å². The highest BCUT2D eigenvalue weighted by Crippen LogP contribution is 2.17.